The molecule has 0 spiro atoms. The highest BCUT2D eigenvalue weighted by Crippen LogP contribution is 2.27. The van der Waals surface area contributed by atoms with Crippen molar-refractivity contribution >= 4 is 51.2 Å². The van der Waals surface area contributed by atoms with Crippen LogP contribution in [0.15, 0.2) is 12.3 Å². The summed E-state index contributed by atoms with van der Waals surface area (Å²) >= 11 is 8.32. The minimum Gasteiger partial charge on any atom is -0.465 e. The standard InChI is InChI=1S/C11H8ClIN2O2/c1-5-8(13)3-6-9(12)7(11(16)17-2)4-14-10(6)15-5/h3-4H,1-2H3. The highest BCUT2D eigenvalue weighted by molar-refractivity contribution is 14.1. The van der Waals surface area contributed by atoms with Crippen molar-refractivity contribution in [2.75, 3.05) is 7.11 Å². The number of carbonyl (C=O) groups excluding carboxylic acids is 1. The summed E-state index contributed by atoms with van der Waals surface area (Å²) in [6.45, 7) is 1.89. The lowest BCUT2D eigenvalue weighted by atomic mass is 10.2. The van der Waals surface area contributed by atoms with Gasteiger partial charge in [-0.1, -0.05) is 11.6 Å². The Hall–Kier alpha value is -0.950. The lowest BCUT2D eigenvalue weighted by molar-refractivity contribution is 0.0600. The van der Waals surface area contributed by atoms with Gasteiger partial charge in [0.1, 0.15) is 0 Å². The molecule has 0 bridgehead atoms. The lowest BCUT2D eigenvalue weighted by Gasteiger charge is -2.06. The van der Waals surface area contributed by atoms with Crippen molar-refractivity contribution in [1.82, 2.24) is 9.97 Å². The molecule has 0 unspecified atom stereocenters. The predicted molar refractivity (Wildman–Crippen MR) is 73.3 cm³/mol. The highest BCUT2D eigenvalue weighted by Gasteiger charge is 2.15. The average molecular weight is 363 g/mol. The van der Waals surface area contributed by atoms with E-state index in [2.05, 4.69) is 37.3 Å². The molecule has 6 heteroatoms. The Morgan fingerprint density at radius 2 is 2.24 bits per heavy atom. The number of pyridine rings is 2. The van der Waals surface area contributed by atoms with Gasteiger partial charge < -0.3 is 4.74 Å². The zero-order valence-electron chi connectivity index (χ0n) is 9.12. The molecular weight excluding hydrogens is 354 g/mol. The Morgan fingerprint density at radius 3 is 2.88 bits per heavy atom. The summed E-state index contributed by atoms with van der Waals surface area (Å²) in [4.78, 5) is 19.9. The van der Waals surface area contributed by atoms with Gasteiger partial charge in [0.2, 0.25) is 0 Å². The number of hydrogen-bond acceptors (Lipinski definition) is 4. The molecule has 2 aromatic rings. The summed E-state index contributed by atoms with van der Waals surface area (Å²) in [5.41, 5.74) is 1.66. The fraction of sp³-hybridized carbons (Fsp3) is 0.182. The van der Waals surface area contributed by atoms with Crippen LogP contribution in [0.5, 0.6) is 0 Å². The molecule has 0 radical (unpaired) electrons. The van der Waals surface area contributed by atoms with Crippen LogP contribution in [-0.4, -0.2) is 23.0 Å². The van der Waals surface area contributed by atoms with Crippen molar-refractivity contribution in [1.29, 1.82) is 0 Å². The zero-order chi connectivity index (χ0) is 12.6. The molecule has 0 aliphatic heterocycles. The van der Waals surface area contributed by atoms with Gasteiger partial charge in [-0.05, 0) is 35.6 Å². The van der Waals surface area contributed by atoms with E-state index in [-0.39, 0.29) is 5.56 Å². The van der Waals surface area contributed by atoms with Crippen LogP contribution in [0.3, 0.4) is 0 Å². The van der Waals surface area contributed by atoms with E-state index in [1.807, 2.05) is 13.0 Å². The highest BCUT2D eigenvalue weighted by atomic mass is 127. The van der Waals surface area contributed by atoms with E-state index >= 15 is 0 Å². The maximum Gasteiger partial charge on any atom is 0.340 e. The van der Waals surface area contributed by atoms with Crippen molar-refractivity contribution in [3.8, 4) is 0 Å². The molecule has 0 aromatic carbocycles. The van der Waals surface area contributed by atoms with E-state index in [0.717, 1.165) is 9.26 Å². The molecule has 0 saturated carbocycles. The monoisotopic (exact) mass is 362 g/mol. The number of nitrogens with zero attached hydrogens (tertiary/aromatic N) is 2. The Bertz CT molecular complexity index is 616. The molecule has 0 amide bonds. The van der Waals surface area contributed by atoms with Gasteiger partial charge >= 0.3 is 5.97 Å². The molecule has 4 nitrogen and oxygen atoms in total. The van der Waals surface area contributed by atoms with E-state index in [0.29, 0.717) is 16.1 Å². The Morgan fingerprint density at radius 1 is 1.53 bits per heavy atom. The molecule has 2 aromatic heterocycles. The summed E-state index contributed by atoms with van der Waals surface area (Å²) in [5.74, 6) is -0.500. The van der Waals surface area contributed by atoms with Crippen LogP contribution < -0.4 is 0 Å². The first-order chi connectivity index (χ1) is 8.04. The first kappa shape index (κ1) is 12.5. The molecule has 0 aliphatic rings. The number of fused-ring (bicyclic) bond motifs is 1. The number of hydrogen-bond donors (Lipinski definition) is 0. The van der Waals surface area contributed by atoms with E-state index in [9.17, 15) is 4.79 Å². The number of aryl methyl sites for hydroxylation is 1. The van der Waals surface area contributed by atoms with Crippen LogP contribution in [0.4, 0.5) is 0 Å². The molecule has 0 N–H and O–H groups in total. The number of ether oxygens (including phenoxy) is 1. The molecule has 0 atom stereocenters. The van der Waals surface area contributed by atoms with Crippen LogP contribution in [0.25, 0.3) is 11.0 Å². The third-order valence-electron chi connectivity index (χ3n) is 2.33. The summed E-state index contributed by atoms with van der Waals surface area (Å²) < 4.78 is 5.61. The van der Waals surface area contributed by atoms with Crippen LogP contribution in [-0.2, 0) is 4.74 Å². The molecule has 0 aliphatic carbocycles. The van der Waals surface area contributed by atoms with E-state index in [1.165, 1.54) is 13.3 Å². The van der Waals surface area contributed by atoms with Crippen LogP contribution in [0.2, 0.25) is 5.02 Å². The maximum absolute atomic E-state index is 11.5. The normalized spacial score (nSPS) is 10.6. The summed E-state index contributed by atoms with van der Waals surface area (Å²) in [7, 11) is 1.31. The summed E-state index contributed by atoms with van der Waals surface area (Å²) in [6, 6.07) is 1.86. The van der Waals surface area contributed by atoms with E-state index in [1.54, 1.807) is 0 Å². The van der Waals surface area contributed by atoms with Gasteiger partial charge in [0.25, 0.3) is 0 Å². The molecule has 88 valence electrons. The molecule has 2 heterocycles. The molecule has 0 fully saturated rings. The minimum absolute atomic E-state index is 0.253. The number of rotatable bonds is 1. The van der Waals surface area contributed by atoms with Crippen molar-refractivity contribution in [3.63, 3.8) is 0 Å². The molecule has 2 rings (SSSR count). The van der Waals surface area contributed by atoms with Gasteiger partial charge in [0.15, 0.2) is 5.65 Å². The fourth-order valence-electron chi connectivity index (χ4n) is 1.41. The van der Waals surface area contributed by atoms with Crippen molar-refractivity contribution < 1.29 is 9.53 Å². The van der Waals surface area contributed by atoms with Gasteiger partial charge in [-0.25, -0.2) is 14.8 Å². The van der Waals surface area contributed by atoms with Gasteiger partial charge in [-0.15, -0.1) is 0 Å². The molecule has 0 saturated heterocycles. The second kappa shape index (κ2) is 4.73. The van der Waals surface area contributed by atoms with Crippen LogP contribution >= 0.6 is 34.2 Å². The largest absolute Gasteiger partial charge is 0.465 e. The number of carbonyl (C=O) groups is 1. The van der Waals surface area contributed by atoms with Crippen LogP contribution in [0, 0.1) is 10.5 Å². The number of esters is 1. The third-order valence-corrected chi connectivity index (χ3v) is 3.82. The van der Waals surface area contributed by atoms with Gasteiger partial charge in [0.05, 0.1) is 23.4 Å². The third kappa shape index (κ3) is 2.21. The topological polar surface area (TPSA) is 52.1 Å². The average Bonchev–Trinajstić information content (AvgIpc) is 2.31. The van der Waals surface area contributed by atoms with Crippen molar-refractivity contribution in [2.24, 2.45) is 0 Å². The first-order valence-electron chi connectivity index (χ1n) is 4.74. The zero-order valence-corrected chi connectivity index (χ0v) is 12.0. The maximum atomic E-state index is 11.5. The van der Waals surface area contributed by atoms with E-state index in [4.69, 9.17) is 11.6 Å². The predicted octanol–water partition coefficient (Wildman–Crippen LogP) is 2.98. The second-order valence-corrected chi connectivity index (χ2v) is 4.94. The Kier molecular flexibility index (Phi) is 3.48. The quantitative estimate of drug-likeness (QED) is 0.578. The Labute approximate surface area is 116 Å². The first-order valence-corrected chi connectivity index (χ1v) is 6.20. The second-order valence-electron chi connectivity index (χ2n) is 3.40. The van der Waals surface area contributed by atoms with Gasteiger partial charge in [0, 0.05) is 15.2 Å². The van der Waals surface area contributed by atoms with Crippen molar-refractivity contribution in [3.05, 3.63) is 32.1 Å². The minimum atomic E-state index is -0.500. The van der Waals surface area contributed by atoms with Gasteiger partial charge in [-0.2, -0.15) is 0 Å². The van der Waals surface area contributed by atoms with E-state index < -0.39 is 5.97 Å². The lowest BCUT2D eigenvalue weighted by Crippen LogP contribution is -2.04. The van der Waals surface area contributed by atoms with Crippen LogP contribution in [0.1, 0.15) is 16.1 Å². The van der Waals surface area contributed by atoms with Crippen molar-refractivity contribution in [2.45, 2.75) is 6.92 Å². The van der Waals surface area contributed by atoms with Gasteiger partial charge in [-0.3, -0.25) is 0 Å². The fourth-order valence-corrected chi connectivity index (χ4v) is 2.10. The number of aromatic nitrogens is 2. The number of methoxy groups -OCH3 is 1. The SMILES string of the molecule is COC(=O)c1cnc2nc(C)c(I)cc2c1Cl. The molecular formula is C11H8ClIN2O2. The Balaban J connectivity index is 2.75. The summed E-state index contributed by atoms with van der Waals surface area (Å²) in [5, 5.41) is 0.983. The summed E-state index contributed by atoms with van der Waals surface area (Å²) in [6.07, 6.45) is 1.38. The molecule has 17 heavy (non-hydrogen) atoms. The smallest absolute Gasteiger partial charge is 0.340 e. The number of halogens is 2.